The summed E-state index contributed by atoms with van der Waals surface area (Å²) in [6.45, 7) is 10.1. The van der Waals surface area contributed by atoms with Gasteiger partial charge in [-0.15, -0.1) is 0 Å². The van der Waals surface area contributed by atoms with Gasteiger partial charge in [-0.3, -0.25) is 0 Å². The number of nitrogens with one attached hydrogen (secondary N) is 1. The monoisotopic (exact) mass is 217 g/mol. The van der Waals surface area contributed by atoms with Crippen molar-refractivity contribution in [2.75, 3.05) is 0 Å². The van der Waals surface area contributed by atoms with Gasteiger partial charge in [-0.1, -0.05) is 52.0 Å². The smallest absolute Gasteiger partial charge is 0.0208 e. The second-order valence-corrected chi connectivity index (χ2v) is 6.02. The zero-order valence-electron chi connectivity index (χ0n) is 10.9. The van der Waals surface area contributed by atoms with E-state index in [0.717, 1.165) is 12.6 Å². The third kappa shape index (κ3) is 2.65. The Labute approximate surface area is 99.3 Å². The Morgan fingerprint density at radius 3 is 2.25 bits per heavy atom. The molecule has 0 heterocycles. The number of hydrogen-bond donors (Lipinski definition) is 1. The molecule has 1 aliphatic rings. The van der Waals surface area contributed by atoms with Crippen molar-refractivity contribution >= 4 is 0 Å². The van der Waals surface area contributed by atoms with Crippen LogP contribution in [-0.4, -0.2) is 6.04 Å². The van der Waals surface area contributed by atoms with E-state index >= 15 is 0 Å². The SMILES string of the molecule is CC(C)c1ccc(CNC2CC2(C)C)cc1. The van der Waals surface area contributed by atoms with Crippen LogP contribution in [0.4, 0.5) is 0 Å². The molecule has 1 N–H and O–H groups in total. The molecule has 1 atom stereocenters. The van der Waals surface area contributed by atoms with Crippen LogP contribution in [0.1, 0.15) is 51.2 Å². The second-order valence-electron chi connectivity index (χ2n) is 6.02. The Bertz CT molecular complexity index is 348. The van der Waals surface area contributed by atoms with E-state index in [1.54, 1.807) is 0 Å². The number of hydrogen-bond acceptors (Lipinski definition) is 1. The highest BCUT2D eigenvalue weighted by Gasteiger charge is 2.44. The topological polar surface area (TPSA) is 12.0 Å². The van der Waals surface area contributed by atoms with Crippen molar-refractivity contribution in [2.45, 2.75) is 52.6 Å². The summed E-state index contributed by atoms with van der Waals surface area (Å²) < 4.78 is 0. The Hall–Kier alpha value is -0.820. The third-order valence-corrected chi connectivity index (χ3v) is 3.71. The molecular formula is C15H23N. The highest BCUT2D eigenvalue weighted by Crippen LogP contribution is 2.44. The van der Waals surface area contributed by atoms with Gasteiger partial charge in [0.2, 0.25) is 0 Å². The summed E-state index contributed by atoms with van der Waals surface area (Å²) in [5, 5.41) is 3.61. The maximum absolute atomic E-state index is 3.61. The van der Waals surface area contributed by atoms with Gasteiger partial charge >= 0.3 is 0 Å². The fourth-order valence-electron chi connectivity index (χ4n) is 2.08. The van der Waals surface area contributed by atoms with Gasteiger partial charge in [0.25, 0.3) is 0 Å². The summed E-state index contributed by atoms with van der Waals surface area (Å²) in [6, 6.07) is 9.71. The molecule has 0 bridgehead atoms. The molecule has 1 unspecified atom stereocenters. The molecule has 1 nitrogen and oxygen atoms in total. The quantitative estimate of drug-likeness (QED) is 0.811. The summed E-state index contributed by atoms with van der Waals surface area (Å²) in [5.41, 5.74) is 3.35. The minimum Gasteiger partial charge on any atom is -0.309 e. The Kier molecular flexibility index (Phi) is 3.07. The van der Waals surface area contributed by atoms with Crippen LogP contribution in [0.25, 0.3) is 0 Å². The van der Waals surface area contributed by atoms with E-state index in [1.807, 2.05) is 0 Å². The van der Waals surface area contributed by atoms with E-state index in [2.05, 4.69) is 57.3 Å². The van der Waals surface area contributed by atoms with Gasteiger partial charge in [-0.25, -0.2) is 0 Å². The molecular weight excluding hydrogens is 194 g/mol. The zero-order valence-corrected chi connectivity index (χ0v) is 10.9. The van der Waals surface area contributed by atoms with Crippen molar-refractivity contribution in [3.8, 4) is 0 Å². The standard InChI is InChI=1S/C15H23N/c1-11(2)13-7-5-12(6-8-13)10-16-14-9-15(14,3)4/h5-8,11,14,16H,9-10H2,1-4H3. The minimum absolute atomic E-state index is 0.526. The fraction of sp³-hybridized carbons (Fsp3) is 0.600. The molecule has 88 valence electrons. The fourth-order valence-corrected chi connectivity index (χ4v) is 2.08. The van der Waals surface area contributed by atoms with Crippen molar-refractivity contribution in [2.24, 2.45) is 5.41 Å². The highest BCUT2D eigenvalue weighted by atomic mass is 15.0. The van der Waals surface area contributed by atoms with Gasteiger partial charge < -0.3 is 5.32 Å². The lowest BCUT2D eigenvalue weighted by Crippen LogP contribution is -2.19. The first-order chi connectivity index (χ1) is 7.49. The molecule has 1 aromatic carbocycles. The molecule has 0 aromatic heterocycles. The first kappa shape index (κ1) is 11.7. The van der Waals surface area contributed by atoms with Gasteiger partial charge in [-0.05, 0) is 28.9 Å². The van der Waals surface area contributed by atoms with Crippen LogP contribution in [0, 0.1) is 5.41 Å². The van der Waals surface area contributed by atoms with E-state index in [0.29, 0.717) is 11.3 Å². The van der Waals surface area contributed by atoms with Crippen molar-refractivity contribution in [1.82, 2.24) is 5.32 Å². The molecule has 16 heavy (non-hydrogen) atoms. The van der Waals surface area contributed by atoms with Crippen LogP contribution in [0.15, 0.2) is 24.3 Å². The molecule has 1 heteroatoms. The van der Waals surface area contributed by atoms with E-state index in [-0.39, 0.29) is 0 Å². The Balaban J connectivity index is 1.86. The van der Waals surface area contributed by atoms with Crippen molar-refractivity contribution in [3.05, 3.63) is 35.4 Å². The summed E-state index contributed by atoms with van der Waals surface area (Å²) in [5.74, 6) is 0.629. The predicted octanol–water partition coefficient (Wildman–Crippen LogP) is 3.70. The lowest BCUT2D eigenvalue weighted by atomic mass is 10.0. The zero-order chi connectivity index (χ0) is 11.8. The molecule has 0 saturated heterocycles. The molecule has 0 radical (unpaired) electrons. The van der Waals surface area contributed by atoms with Crippen molar-refractivity contribution in [3.63, 3.8) is 0 Å². The normalized spacial score (nSPS) is 22.4. The van der Waals surface area contributed by atoms with Crippen LogP contribution in [-0.2, 0) is 6.54 Å². The average Bonchev–Trinajstić information content (AvgIpc) is 2.84. The van der Waals surface area contributed by atoms with Crippen molar-refractivity contribution < 1.29 is 0 Å². The van der Waals surface area contributed by atoms with Gasteiger partial charge in [0.05, 0.1) is 0 Å². The third-order valence-electron chi connectivity index (χ3n) is 3.71. The molecule has 1 aliphatic carbocycles. The first-order valence-electron chi connectivity index (χ1n) is 6.31. The molecule has 1 fully saturated rings. The second kappa shape index (κ2) is 4.21. The molecule has 2 rings (SSSR count). The highest BCUT2D eigenvalue weighted by molar-refractivity contribution is 5.24. The maximum Gasteiger partial charge on any atom is 0.0208 e. The molecule has 1 saturated carbocycles. The van der Waals surface area contributed by atoms with Crippen LogP contribution in [0.2, 0.25) is 0 Å². The lowest BCUT2D eigenvalue weighted by Gasteiger charge is -2.09. The van der Waals surface area contributed by atoms with Gasteiger partial charge in [0.1, 0.15) is 0 Å². The van der Waals surface area contributed by atoms with Gasteiger partial charge in [0.15, 0.2) is 0 Å². The molecule has 0 amide bonds. The van der Waals surface area contributed by atoms with Crippen LogP contribution in [0.5, 0.6) is 0 Å². The average molecular weight is 217 g/mol. The summed E-state index contributed by atoms with van der Waals surface area (Å²) in [4.78, 5) is 0. The van der Waals surface area contributed by atoms with Crippen LogP contribution >= 0.6 is 0 Å². The van der Waals surface area contributed by atoms with E-state index in [9.17, 15) is 0 Å². The Morgan fingerprint density at radius 2 is 1.81 bits per heavy atom. The van der Waals surface area contributed by atoms with Crippen molar-refractivity contribution in [1.29, 1.82) is 0 Å². The minimum atomic E-state index is 0.526. The molecule has 0 spiro atoms. The largest absolute Gasteiger partial charge is 0.309 e. The van der Waals surface area contributed by atoms with Gasteiger partial charge in [0, 0.05) is 12.6 Å². The van der Waals surface area contributed by atoms with E-state index < -0.39 is 0 Å². The number of rotatable bonds is 4. The van der Waals surface area contributed by atoms with Crippen LogP contribution < -0.4 is 5.32 Å². The van der Waals surface area contributed by atoms with Crippen LogP contribution in [0.3, 0.4) is 0 Å². The Morgan fingerprint density at radius 1 is 1.25 bits per heavy atom. The summed E-state index contributed by atoms with van der Waals surface area (Å²) in [7, 11) is 0. The van der Waals surface area contributed by atoms with Gasteiger partial charge in [-0.2, -0.15) is 0 Å². The lowest BCUT2D eigenvalue weighted by molar-refractivity contribution is 0.542. The van der Waals surface area contributed by atoms with E-state index in [1.165, 1.54) is 17.5 Å². The van der Waals surface area contributed by atoms with E-state index in [4.69, 9.17) is 0 Å². The summed E-state index contributed by atoms with van der Waals surface area (Å²) >= 11 is 0. The molecule has 1 aromatic rings. The predicted molar refractivity (Wildman–Crippen MR) is 69.6 cm³/mol. The maximum atomic E-state index is 3.61. The first-order valence-corrected chi connectivity index (χ1v) is 6.31. The molecule has 0 aliphatic heterocycles. The number of benzene rings is 1. The summed E-state index contributed by atoms with van der Waals surface area (Å²) in [6.07, 6.45) is 1.32.